The zero-order chi connectivity index (χ0) is 13.8. The van der Waals surface area contributed by atoms with Gasteiger partial charge in [0.15, 0.2) is 0 Å². The molecule has 1 unspecified atom stereocenters. The zero-order valence-electron chi connectivity index (χ0n) is 10.5. The topological polar surface area (TPSA) is 95.6 Å². The van der Waals surface area contributed by atoms with Crippen LogP contribution in [0.4, 0.5) is 5.69 Å². The van der Waals surface area contributed by atoms with Crippen LogP contribution in [-0.2, 0) is 6.54 Å². The highest BCUT2D eigenvalue weighted by Crippen LogP contribution is 2.20. The smallest absolute Gasteiger partial charge is 0.272 e. The minimum Gasteiger partial charge on any atom is -0.393 e. The summed E-state index contributed by atoms with van der Waals surface area (Å²) >= 11 is 0. The van der Waals surface area contributed by atoms with Gasteiger partial charge >= 0.3 is 0 Å². The van der Waals surface area contributed by atoms with Gasteiger partial charge in [0.2, 0.25) is 0 Å². The molecule has 0 aliphatic carbocycles. The predicted octanol–water partition coefficient (Wildman–Crippen LogP) is 0.736. The highest BCUT2D eigenvalue weighted by atomic mass is 16.6. The molecule has 6 heteroatoms. The van der Waals surface area contributed by atoms with E-state index in [9.17, 15) is 15.2 Å². The Balaban J connectivity index is 2.69. The van der Waals surface area contributed by atoms with E-state index in [0.29, 0.717) is 12.1 Å². The van der Waals surface area contributed by atoms with Gasteiger partial charge < -0.3 is 15.5 Å². The summed E-state index contributed by atoms with van der Waals surface area (Å²) in [4.78, 5) is 10.4. The van der Waals surface area contributed by atoms with Crippen molar-refractivity contribution in [2.75, 3.05) is 13.2 Å². The molecular weight excluding hydrogens is 236 g/mol. The van der Waals surface area contributed by atoms with Crippen molar-refractivity contribution in [1.29, 1.82) is 0 Å². The van der Waals surface area contributed by atoms with E-state index in [4.69, 9.17) is 5.11 Å². The summed E-state index contributed by atoms with van der Waals surface area (Å²) in [5, 5.41) is 32.2. The number of nitro groups is 1. The maximum atomic E-state index is 10.8. The molecule has 0 aromatic heterocycles. The van der Waals surface area contributed by atoms with Gasteiger partial charge in [-0.3, -0.25) is 10.1 Å². The number of hydrogen-bond donors (Lipinski definition) is 3. The Labute approximate surface area is 105 Å². The summed E-state index contributed by atoms with van der Waals surface area (Å²) in [6.07, 6.45) is 0. The fraction of sp³-hybridized carbons (Fsp3) is 0.500. The minimum atomic E-state index is -1.19. The van der Waals surface area contributed by atoms with Gasteiger partial charge in [-0.25, -0.2) is 0 Å². The molecule has 1 aromatic rings. The SMILES string of the molecule is Cc1c(CNCC(C)(O)CO)cccc1[N+](=O)[O-]. The summed E-state index contributed by atoms with van der Waals surface area (Å²) in [5.41, 5.74) is 0.314. The van der Waals surface area contributed by atoms with Crippen LogP contribution in [0, 0.1) is 17.0 Å². The van der Waals surface area contributed by atoms with Crippen molar-refractivity contribution in [3.63, 3.8) is 0 Å². The van der Waals surface area contributed by atoms with E-state index in [-0.39, 0.29) is 18.8 Å². The molecule has 1 atom stereocenters. The Morgan fingerprint density at radius 2 is 2.17 bits per heavy atom. The van der Waals surface area contributed by atoms with E-state index in [1.54, 1.807) is 19.1 Å². The molecule has 0 radical (unpaired) electrons. The first kappa shape index (κ1) is 14.6. The van der Waals surface area contributed by atoms with Crippen molar-refractivity contribution in [3.8, 4) is 0 Å². The zero-order valence-corrected chi connectivity index (χ0v) is 10.5. The Bertz CT molecular complexity index is 432. The Morgan fingerprint density at radius 1 is 1.50 bits per heavy atom. The number of aliphatic hydroxyl groups excluding tert-OH is 1. The van der Waals surface area contributed by atoms with Crippen LogP contribution in [-0.4, -0.2) is 33.9 Å². The van der Waals surface area contributed by atoms with Crippen LogP contribution in [0.15, 0.2) is 18.2 Å². The second-order valence-corrected chi connectivity index (χ2v) is 4.58. The van der Waals surface area contributed by atoms with Gasteiger partial charge in [-0.05, 0) is 19.4 Å². The van der Waals surface area contributed by atoms with Crippen LogP contribution in [0.25, 0.3) is 0 Å². The Morgan fingerprint density at radius 3 is 2.72 bits per heavy atom. The number of nitrogens with one attached hydrogen (secondary N) is 1. The number of aliphatic hydroxyl groups is 2. The molecule has 0 saturated carbocycles. The molecule has 6 nitrogen and oxygen atoms in total. The van der Waals surface area contributed by atoms with E-state index in [1.807, 2.05) is 0 Å². The van der Waals surface area contributed by atoms with Gasteiger partial charge in [-0.15, -0.1) is 0 Å². The molecule has 0 aliphatic rings. The summed E-state index contributed by atoms with van der Waals surface area (Å²) in [7, 11) is 0. The fourth-order valence-electron chi connectivity index (χ4n) is 1.58. The fourth-order valence-corrected chi connectivity index (χ4v) is 1.58. The Kier molecular flexibility index (Phi) is 4.77. The molecule has 0 heterocycles. The molecule has 1 rings (SSSR count). The average Bonchev–Trinajstić information content (AvgIpc) is 2.31. The van der Waals surface area contributed by atoms with Crippen LogP contribution in [0.3, 0.4) is 0 Å². The largest absolute Gasteiger partial charge is 0.393 e. The van der Waals surface area contributed by atoms with Crippen molar-refractivity contribution in [3.05, 3.63) is 39.4 Å². The highest BCUT2D eigenvalue weighted by molar-refractivity contribution is 5.44. The standard InChI is InChI=1S/C12H18N2O4/c1-9-10(4-3-5-11(9)14(17)18)6-13-7-12(2,16)8-15/h3-5,13,15-16H,6-8H2,1-2H3. The monoisotopic (exact) mass is 254 g/mol. The molecular formula is C12H18N2O4. The lowest BCUT2D eigenvalue weighted by molar-refractivity contribution is -0.385. The molecule has 18 heavy (non-hydrogen) atoms. The summed E-state index contributed by atoms with van der Waals surface area (Å²) < 4.78 is 0. The first-order valence-electron chi connectivity index (χ1n) is 5.64. The molecule has 0 spiro atoms. The molecule has 0 amide bonds. The van der Waals surface area contributed by atoms with E-state index < -0.39 is 10.5 Å². The number of rotatable bonds is 6. The van der Waals surface area contributed by atoms with Crippen LogP contribution < -0.4 is 5.32 Å². The highest BCUT2D eigenvalue weighted by Gasteiger charge is 2.18. The van der Waals surface area contributed by atoms with E-state index in [1.165, 1.54) is 13.0 Å². The van der Waals surface area contributed by atoms with Crippen LogP contribution in [0.2, 0.25) is 0 Å². The molecule has 100 valence electrons. The molecule has 3 N–H and O–H groups in total. The van der Waals surface area contributed by atoms with Gasteiger partial charge in [0.25, 0.3) is 5.69 Å². The molecule has 0 saturated heterocycles. The minimum absolute atomic E-state index is 0.0863. The van der Waals surface area contributed by atoms with E-state index in [2.05, 4.69) is 5.32 Å². The van der Waals surface area contributed by atoms with Crippen molar-refractivity contribution in [1.82, 2.24) is 5.32 Å². The summed E-state index contributed by atoms with van der Waals surface area (Å²) in [6.45, 7) is 3.49. The first-order valence-corrected chi connectivity index (χ1v) is 5.64. The number of hydrogen-bond acceptors (Lipinski definition) is 5. The van der Waals surface area contributed by atoms with E-state index >= 15 is 0 Å². The second kappa shape index (κ2) is 5.90. The quantitative estimate of drug-likeness (QED) is 0.514. The third kappa shape index (κ3) is 3.76. The lowest BCUT2D eigenvalue weighted by Crippen LogP contribution is -2.40. The van der Waals surface area contributed by atoms with Gasteiger partial charge in [-0.1, -0.05) is 12.1 Å². The second-order valence-electron chi connectivity index (χ2n) is 4.58. The van der Waals surface area contributed by atoms with Gasteiger partial charge in [-0.2, -0.15) is 0 Å². The van der Waals surface area contributed by atoms with Crippen molar-refractivity contribution in [2.45, 2.75) is 26.0 Å². The summed E-state index contributed by atoms with van der Waals surface area (Å²) in [6, 6.07) is 4.89. The van der Waals surface area contributed by atoms with Gasteiger partial charge in [0.1, 0.15) is 0 Å². The first-order chi connectivity index (χ1) is 8.37. The molecule has 0 fully saturated rings. The van der Waals surface area contributed by atoms with Crippen molar-refractivity contribution < 1.29 is 15.1 Å². The van der Waals surface area contributed by atoms with Gasteiger partial charge in [0.05, 0.1) is 17.1 Å². The molecule has 0 aliphatic heterocycles. The maximum absolute atomic E-state index is 10.8. The van der Waals surface area contributed by atoms with Crippen LogP contribution in [0.5, 0.6) is 0 Å². The van der Waals surface area contributed by atoms with Crippen molar-refractivity contribution >= 4 is 5.69 Å². The van der Waals surface area contributed by atoms with Crippen LogP contribution in [0.1, 0.15) is 18.1 Å². The third-order valence-corrected chi connectivity index (χ3v) is 2.78. The number of nitro benzene ring substituents is 1. The number of benzene rings is 1. The number of nitrogens with zero attached hydrogens (tertiary/aromatic N) is 1. The maximum Gasteiger partial charge on any atom is 0.272 e. The molecule has 1 aromatic carbocycles. The summed E-state index contributed by atoms with van der Waals surface area (Å²) in [5.74, 6) is 0. The average molecular weight is 254 g/mol. The van der Waals surface area contributed by atoms with E-state index in [0.717, 1.165) is 5.56 Å². The Hall–Kier alpha value is -1.50. The van der Waals surface area contributed by atoms with Crippen LogP contribution >= 0.6 is 0 Å². The lowest BCUT2D eigenvalue weighted by Gasteiger charge is -2.20. The van der Waals surface area contributed by atoms with Crippen molar-refractivity contribution in [2.24, 2.45) is 0 Å². The normalized spacial score (nSPS) is 14.2. The lowest BCUT2D eigenvalue weighted by atomic mass is 10.1. The third-order valence-electron chi connectivity index (χ3n) is 2.78. The molecule has 0 bridgehead atoms. The predicted molar refractivity (Wildman–Crippen MR) is 67.2 cm³/mol. The van der Waals surface area contributed by atoms with Gasteiger partial charge in [0, 0.05) is 24.7 Å².